The van der Waals surface area contributed by atoms with Crippen molar-refractivity contribution in [1.29, 1.82) is 0 Å². The van der Waals surface area contributed by atoms with Crippen LogP contribution in [0.1, 0.15) is 58.4 Å². The van der Waals surface area contributed by atoms with E-state index >= 15 is 0 Å². The summed E-state index contributed by atoms with van der Waals surface area (Å²) >= 11 is 1.77. The molecule has 0 spiro atoms. The van der Waals surface area contributed by atoms with Crippen LogP contribution in [0.25, 0.3) is 53.5 Å². The van der Waals surface area contributed by atoms with Gasteiger partial charge in [0.1, 0.15) is 0 Å². The molecule has 47 heavy (non-hydrogen) atoms. The van der Waals surface area contributed by atoms with Gasteiger partial charge in [-0.25, -0.2) is 0 Å². The molecule has 0 radical (unpaired) electrons. The Bertz CT molecular complexity index is 2260. The minimum absolute atomic E-state index is 0. The van der Waals surface area contributed by atoms with Gasteiger partial charge in [-0.05, 0) is 70.0 Å². The van der Waals surface area contributed by atoms with E-state index in [1.165, 1.54) is 32.0 Å². The van der Waals surface area contributed by atoms with Crippen LogP contribution in [0, 0.1) is 24.5 Å². The number of fused-ring (bicyclic) bond motifs is 4. The molecule has 0 aliphatic heterocycles. The molecule has 7 aromatic rings. The first-order chi connectivity index (χ1) is 21.9. The molecule has 4 aromatic carbocycles. The molecule has 6 heteroatoms. The molecule has 238 valence electrons. The molecule has 0 amide bonds. The predicted molar refractivity (Wildman–Crippen MR) is 192 cm³/mol. The average Bonchev–Trinajstić information content (AvgIpc) is 3.38. The van der Waals surface area contributed by atoms with Gasteiger partial charge in [-0.2, -0.15) is 10.2 Å². The van der Waals surface area contributed by atoms with Crippen molar-refractivity contribution in [3.8, 4) is 34.0 Å². The topological polar surface area (TPSA) is 47.9 Å². The van der Waals surface area contributed by atoms with Crippen LogP contribution < -0.4 is 4.74 Å². The van der Waals surface area contributed by atoms with E-state index < -0.39 is 0 Å². The number of hydrogen-bond acceptors (Lipinski definition) is 5. The standard InChI is InChI=1S/C41H37N3OS.Pt/c1-25-37-34-21-27-15-14-26(24-40(2,3)4)18-30(27)22-36(34)46-39(37)38(44-43-25)29-11-9-13-33(20-29)45-32-12-8-10-28(19-32)35-23-31(16-17-42-35)41(5,6)7;/h8-18,21-23H,24H2,1-7H3;/q-2;+2. The second kappa shape index (κ2) is 12.6. The van der Waals surface area contributed by atoms with Crippen molar-refractivity contribution in [1.82, 2.24) is 15.2 Å². The first-order valence-electron chi connectivity index (χ1n) is 15.7. The Labute approximate surface area is 295 Å². The normalized spacial score (nSPS) is 12.1. The molecule has 0 saturated heterocycles. The van der Waals surface area contributed by atoms with Gasteiger partial charge >= 0.3 is 21.1 Å². The first kappa shape index (κ1) is 33.0. The summed E-state index contributed by atoms with van der Waals surface area (Å²) in [5.41, 5.74) is 7.20. The van der Waals surface area contributed by atoms with Crippen LogP contribution in [0.3, 0.4) is 0 Å². The summed E-state index contributed by atoms with van der Waals surface area (Å²) < 4.78 is 8.65. The molecular formula is C41H37N3OPtS. The number of benzene rings is 4. The molecule has 0 aliphatic rings. The third kappa shape index (κ3) is 6.89. The molecule has 0 atom stereocenters. The van der Waals surface area contributed by atoms with E-state index in [4.69, 9.17) is 4.74 Å². The van der Waals surface area contributed by atoms with E-state index in [0.717, 1.165) is 44.7 Å². The zero-order chi connectivity index (χ0) is 32.2. The number of aromatic nitrogens is 3. The number of thiophene rings is 1. The number of hydrogen-bond donors (Lipinski definition) is 0. The molecule has 3 aromatic heterocycles. The van der Waals surface area contributed by atoms with Crippen LogP contribution in [-0.4, -0.2) is 15.2 Å². The summed E-state index contributed by atoms with van der Waals surface area (Å²) in [5.74, 6) is 1.20. The Morgan fingerprint density at radius 2 is 1.49 bits per heavy atom. The molecule has 0 unspecified atom stereocenters. The smallest absolute Gasteiger partial charge is 0.497 e. The molecule has 7 rings (SSSR count). The number of pyridine rings is 1. The van der Waals surface area contributed by atoms with Gasteiger partial charge in [-0.15, -0.1) is 58.9 Å². The maximum absolute atomic E-state index is 6.31. The fraction of sp³-hybridized carbons (Fsp3) is 0.244. The summed E-state index contributed by atoms with van der Waals surface area (Å²) in [7, 11) is 0. The van der Waals surface area contributed by atoms with Crippen molar-refractivity contribution >= 4 is 42.3 Å². The summed E-state index contributed by atoms with van der Waals surface area (Å²) in [4.78, 5) is 4.61. The molecular weight excluding hydrogens is 778 g/mol. The average molecular weight is 815 g/mol. The van der Waals surface area contributed by atoms with E-state index in [2.05, 4.69) is 111 Å². The molecule has 4 nitrogen and oxygen atoms in total. The third-order valence-corrected chi connectivity index (χ3v) is 9.40. The third-order valence-electron chi connectivity index (χ3n) is 8.24. The molecule has 0 N–H and O–H groups in total. The Morgan fingerprint density at radius 1 is 0.766 bits per heavy atom. The maximum atomic E-state index is 6.31. The van der Waals surface area contributed by atoms with Crippen LogP contribution in [0.4, 0.5) is 0 Å². The Hall–Kier alpha value is -3.92. The number of ether oxygens (including phenoxy) is 1. The van der Waals surface area contributed by atoms with E-state index in [1.807, 2.05) is 49.5 Å². The van der Waals surface area contributed by atoms with Crippen molar-refractivity contribution in [3.05, 3.63) is 114 Å². The number of rotatable bonds is 5. The van der Waals surface area contributed by atoms with Crippen LogP contribution in [-0.2, 0) is 32.9 Å². The van der Waals surface area contributed by atoms with Gasteiger partial charge in [0.2, 0.25) is 0 Å². The second-order valence-electron chi connectivity index (χ2n) is 14.3. The summed E-state index contributed by atoms with van der Waals surface area (Å²) in [6, 6.07) is 34.3. The molecule has 0 saturated carbocycles. The molecule has 0 fully saturated rings. The van der Waals surface area contributed by atoms with Gasteiger partial charge in [-0.3, -0.25) is 0 Å². The van der Waals surface area contributed by atoms with E-state index in [-0.39, 0.29) is 31.9 Å². The Kier molecular flexibility index (Phi) is 8.84. The van der Waals surface area contributed by atoms with Gasteiger partial charge in [0.15, 0.2) is 0 Å². The summed E-state index contributed by atoms with van der Waals surface area (Å²) in [6.45, 7) is 15.5. The van der Waals surface area contributed by atoms with Gasteiger partial charge in [-0.1, -0.05) is 77.9 Å². The van der Waals surface area contributed by atoms with Crippen LogP contribution in [0.5, 0.6) is 11.5 Å². The van der Waals surface area contributed by atoms with Crippen molar-refractivity contribution < 1.29 is 25.8 Å². The Balaban J connectivity index is 0.00000386. The molecule has 0 aliphatic carbocycles. The minimum Gasteiger partial charge on any atom is -0.497 e. The molecule has 0 bridgehead atoms. The summed E-state index contributed by atoms with van der Waals surface area (Å²) in [6.07, 6.45) is 2.90. The van der Waals surface area contributed by atoms with Crippen molar-refractivity contribution in [2.75, 3.05) is 0 Å². The second-order valence-corrected chi connectivity index (χ2v) is 15.4. The van der Waals surface area contributed by atoms with Crippen LogP contribution >= 0.6 is 11.3 Å². The Morgan fingerprint density at radius 3 is 2.21 bits per heavy atom. The molecule has 3 heterocycles. The van der Waals surface area contributed by atoms with Crippen LogP contribution in [0.2, 0.25) is 0 Å². The van der Waals surface area contributed by atoms with Gasteiger partial charge in [0.05, 0.1) is 5.69 Å². The zero-order valence-corrected chi connectivity index (χ0v) is 30.9. The fourth-order valence-electron chi connectivity index (χ4n) is 6.00. The fourth-order valence-corrected chi connectivity index (χ4v) is 7.28. The zero-order valence-electron chi connectivity index (χ0n) is 27.8. The van der Waals surface area contributed by atoms with Gasteiger partial charge in [0, 0.05) is 43.6 Å². The number of aryl methyl sites for hydroxylation is 1. The van der Waals surface area contributed by atoms with E-state index in [1.54, 1.807) is 11.3 Å². The van der Waals surface area contributed by atoms with Crippen LogP contribution in [0.15, 0.2) is 85.1 Å². The van der Waals surface area contributed by atoms with Crippen molar-refractivity contribution in [3.63, 3.8) is 0 Å². The maximum Gasteiger partial charge on any atom is 2.00 e. The summed E-state index contributed by atoms with van der Waals surface area (Å²) in [5, 5.41) is 14.2. The quantitative estimate of drug-likeness (QED) is 0.162. The SMILES string of the molecule is Cc1nnc(-c2[c-]c(Oc3[c-]c(-c4cc(C(C)(C)C)ccn4)ccc3)ccc2)c2sc3cc4cc(CC(C)(C)C)ccc4cc3c12.[Pt+2]. The first-order valence-corrected chi connectivity index (χ1v) is 16.5. The van der Waals surface area contributed by atoms with Crippen molar-refractivity contribution in [2.24, 2.45) is 5.41 Å². The monoisotopic (exact) mass is 814 g/mol. The van der Waals surface area contributed by atoms with Gasteiger partial charge < -0.3 is 9.72 Å². The van der Waals surface area contributed by atoms with E-state index in [0.29, 0.717) is 11.5 Å². The predicted octanol–water partition coefficient (Wildman–Crippen LogP) is 11.3. The van der Waals surface area contributed by atoms with E-state index in [9.17, 15) is 0 Å². The van der Waals surface area contributed by atoms with Crippen molar-refractivity contribution in [2.45, 2.75) is 60.3 Å². The van der Waals surface area contributed by atoms with Gasteiger partial charge in [0.25, 0.3) is 0 Å². The largest absolute Gasteiger partial charge is 2.00 e. The minimum atomic E-state index is 0. The number of nitrogens with zero attached hydrogens (tertiary/aromatic N) is 3.